The van der Waals surface area contributed by atoms with Gasteiger partial charge in [0.1, 0.15) is 0 Å². The Morgan fingerprint density at radius 1 is 1.18 bits per heavy atom. The van der Waals surface area contributed by atoms with Crippen molar-refractivity contribution in [2.45, 2.75) is 77.6 Å². The number of Topliss-reactive ketones (excluding diaryl/α,β-unsaturated/α-hetero) is 1. The monoisotopic (exact) mass is 466 g/mol. The van der Waals surface area contributed by atoms with Gasteiger partial charge in [0.2, 0.25) is 5.54 Å². The fourth-order valence-electron chi connectivity index (χ4n) is 5.69. The predicted molar refractivity (Wildman–Crippen MR) is 113 cm³/mol. The Kier molecular flexibility index (Phi) is 5.53. The van der Waals surface area contributed by atoms with Crippen molar-refractivity contribution >= 4 is 17.6 Å². The van der Waals surface area contributed by atoms with E-state index in [4.69, 9.17) is 4.42 Å². The summed E-state index contributed by atoms with van der Waals surface area (Å²) >= 11 is 0. The fourth-order valence-corrected chi connectivity index (χ4v) is 5.69. The van der Waals surface area contributed by atoms with E-state index in [9.17, 15) is 27.6 Å². The molecule has 0 unspecified atom stereocenters. The molecule has 0 saturated heterocycles. The summed E-state index contributed by atoms with van der Waals surface area (Å²) < 4.78 is 49.5. The van der Waals surface area contributed by atoms with Gasteiger partial charge in [0, 0.05) is 18.2 Å². The molecule has 6 nitrogen and oxygen atoms in total. The third kappa shape index (κ3) is 3.60. The Hall–Kier alpha value is -2.58. The van der Waals surface area contributed by atoms with Gasteiger partial charge in [-0.1, -0.05) is 40.5 Å². The number of alkyl halides is 3. The van der Waals surface area contributed by atoms with E-state index in [0.717, 1.165) is 19.1 Å². The highest BCUT2D eigenvalue weighted by Crippen LogP contribution is 2.53. The molecule has 0 radical (unpaired) electrons. The van der Waals surface area contributed by atoms with Gasteiger partial charge >= 0.3 is 6.18 Å². The first kappa shape index (κ1) is 23.6. The Morgan fingerprint density at radius 3 is 2.48 bits per heavy atom. The van der Waals surface area contributed by atoms with E-state index in [1.165, 1.54) is 17.0 Å². The summed E-state index contributed by atoms with van der Waals surface area (Å²) in [7, 11) is 0. The molecule has 2 heterocycles. The largest absolute Gasteiger partial charge is 0.459 e. The molecule has 33 heavy (non-hydrogen) atoms. The van der Waals surface area contributed by atoms with E-state index in [2.05, 4.69) is 0 Å². The van der Waals surface area contributed by atoms with E-state index in [0.29, 0.717) is 6.42 Å². The molecular formula is C24H29F3N2O4. The molecule has 1 aliphatic heterocycles. The molecule has 1 saturated carbocycles. The quantitative estimate of drug-likeness (QED) is 0.705. The molecule has 1 aromatic rings. The lowest BCUT2D eigenvalue weighted by molar-refractivity contribution is -0.192. The molecule has 1 fully saturated rings. The predicted octanol–water partition coefficient (Wildman–Crippen LogP) is 4.62. The van der Waals surface area contributed by atoms with Gasteiger partial charge in [0.05, 0.1) is 11.8 Å². The zero-order valence-electron chi connectivity index (χ0n) is 19.2. The normalized spacial score (nSPS) is 32.2. The molecule has 9 heteroatoms. The number of halogens is 3. The summed E-state index contributed by atoms with van der Waals surface area (Å²) in [6.07, 6.45) is -1.82. The number of carbonyl (C=O) groups excluding carboxylic acids is 3. The van der Waals surface area contributed by atoms with Crippen LogP contribution in [0.25, 0.3) is 0 Å². The molecule has 0 bridgehead atoms. The highest BCUT2D eigenvalue weighted by atomic mass is 19.4. The number of amides is 2. The first-order valence-corrected chi connectivity index (χ1v) is 11.3. The average Bonchev–Trinajstić information content (AvgIpc) is 3.30. The second-order valence-corrected chi connectivity index (χ2v) is 10.5. The minimum absolute atomic E-state index is 0.0543. The molecular weight excluding hydrogens is 437 g/mol. The lowest BCUT2D eigenvalue weighted by Crippen LogP contribution is -2.67. The summed E-state index contributed by atoms with van der Waals surface area (Å²) in [5.74, 6) is -3.45. The van der Waals surface area contributed by atoms with Gasteiger partial charge < -0.3 is 14.6 Å². The molecule has 1 aromatic heterocycles. The van der Waals surface area contributed by atoms with Crippen LogP contribution in [-0.2, 0) is 9.59 Å². The second kappa shape index (κ2) is 7.74. The van der Waals surface area contributed by atoms with Crippen molar-refractivity contribution in [3.05, 3.63) is 35.4 Å². The number of nitrogens with one attached hydrogen (secondary N) is 1. The van der Waals surface area contributed by atoms with Crippen LogP contribution in [0.1, 0.15) is 70.4 Å². The minimum atomic E-state index is -5.22. The van der Waals surface area contributed by atoms with Crippen LogP contribution in [0, 0.1) is 17.3 Å². The van der Waals surface area contributed by atoms with Gasteiger partial charge in [-0.15, -0.1) is 0 Å². The van der Waals surface area contributed by atoms with Gasteiger partial charge in [-0.3, -0.25) is 14.4 Å². The highest BCUT2D eigenvalue weighted by molar-refractivity contribution is 6.14. The Balaban J connectivity index is 1.91. The second-order valence-electron chi connectivity index (χ2n) is 10.5. The molecule has 180 valence electrons. The summed E-state index contributed by atoms with van der Waals surface area (Å²) in [5, 5.41) is 1.91. The van der Waals surface area contributed by atoms with Crippen LogP contribution >= 0.6 is 0 Å². The van der Waals surface area contributed by atoms with Crippen LogP contribution in [0.15, 0.2) is 34.1 Å². The number of ketones is 1. The number of allylic oxidation sites excluding steroid dienone is 1. The maximum Gasteiger partial charge on any atom is 0.425 e. The Labute approximate surface area is 190 Å². The van der Waals surface area contributed by atoms with Crippen molar-refractivity contribution < 1.29 is 32.0 Å². The number of furan rings is 1. The zero-order chi connectivity index (χ0) is 24.3. The minimum Gasteiger partial charge on any atom is -0.459 e. The van der Waals surface area contributed by atoms with Gasteiger partial charge in [-0.05, 0) is 42.2 Å². The molecule has 3 aliphatic rings. The van der Waals surface area contributed by atoms with Crippen molar-refractivity contribution in [3.63, 3.8) is 0 Å². The zero-order valence-corrected chi connectivity index (χ0v) is 19.2. The Bertz CT molecular complexity index is 1010. The highest BCUT2D eigenvalue weighted by Gasteiger charge is 2.72. The standard InChI is InChI=1S/C24H29F3N2O4/c1-13-7-5-8-15(14(13)2)29-16-11-22(3,4)12-17(30)19(16)23(21(29)32,24(25,26)27)28-20(31)18-9-6-10-33-18/h6,9-10,13-15H,5,7-8,11-12H2,1-4H3,(H,28,31)/t13-,14+,15+,23+/m1/s1. The topological polar surface area (TPSA) is 79.6 Å². The smallest absolute Gasteiger partial charge is 0.425 e. The first-order chi connectivity index (χ1) is 15.3. The van der Waals surface area contributed by atoms with Crippen LogP contribution < -0.4 is 5.32 Å². The maximum atomic E-state index is 14.8. The number of hydrogen-bond donors (Lipinski definition) is 1. The van der Waals surface area contributed by atoms with E-state index >= 15 is 0 Å². The van der Waals surface area contributed by atoms with Crippen LogP contribution in [0.5, 0.6) is 0 Å². The van der Waals surface area contributed by atoms with E-state index < -0.39 is 46.3 Å². The number of nitrogens with zero attached hydrogens (tertiary/aromatic N) is 1. The van der Waals surface area contributed by atoms with Gasteiger partial charge in [-0.25, -0.2) is 0 Å². The van der Waals surface area contributed by atoms with Gasteiger partial charge in [0.15, 0.2) is 11.5 Å². The lowest BCUT2D eigenvalue weighted by atomic mass is 9.72. The number of rotatable bonds is 3. The SMILES string of the molecule is C[C@H]1[C@H](C)CCC[C@@H]1N1C(=O)[C@](NC(=O)c2ccco2)(C(F)(F)F)C2=C1CC(C)(C)CC2=O. The summed E-state index contributed by atoms with van der Waals surface area (Å²) in [5.41, 5.74) is -4.57. The van der Waals surface area contributed by atoms with E-state index in [-0.39, 0.29) is 36.1 Å². The van der Waals surface area contributed by atoms with E-state index in [1.807, 2.05) is 19.2 Å². The lowest BCUT2D eigenvalue weighted by Gasteiger charge is -2.43. The number of carbonyl (C=O) groups is 3. The van der Waals surface area contributed by atoms with Crippen molar-refractivity contribution in [2.24, 2.45) is 17.3 Å². The van der Waals surface area contributed by atoms with Crippen LogP contribution in [-0.4, -0.2) is 40.3 Å². The average molecular weight is 467 g/mol. The van der Waals surface area contributed by atoms with Crippen LogP contribution in [0.4, 0.5) is 13.2 Å². The maximum absolute atomic E-state index is 14.8. The molecule has 1 N–H and O–H groups in total. The molecule has 4 atom stereocenters. The van der Waals surface area contributed by atoms with Crippen molar-refractivity contribution in [2.75, 3.05) is 0 Å². The molecule has 0 aromatic carbocycles. The molecule has 4 rings (SSSR count). The van der Waals surface area contributed by atoms with Crippen LogP contribution in [0.3, 0.4) is 0 Å². The van der Waals surface area contributed by atoms with Crippen molar-refractivity contribution in [1.82, 2.24) is 10.2 Å². The third-order valence-corrected chi connectivity index (χ3v) is 7.52. The van der Waals surface area contributed by atoms with Crippen molar-refractivity contribution in [3.8, 4) is 0 Å². The summed E-state index contributed by atoms with van der Waals surface area (Å²) in [4.78, 5) is 41.0. The fraction of sp³-hybridized carbons (Fsp3) is 0.625. The number of hydrogen-bond acceptors (Lipinski definition) is 4. The Morgan fingerprint density at radius 2 is 1.88 bits per heavy atom. The molecule has 2 amide bonds. The van der Waals surface area contributed by atoms with Crippen molar-refractivity contribution in [1.29, 1.82) is 0 Å². The van der Waals surface area contributed by atoms with Gasteiger partial charge in [-0.2, -0.15) is 13.2 Å². The van der Waals surface area contributed by atoms with Crippen LogP contribution in [0.2, 0.25) is 0 Å². The van der Waals surface area contributed by atoms with Gasteiger partial charge in [0.25, 0.3) is 11.8 Å². The first-order valence-electron chi connectivity index (χ1n) is 11.3. The molecule has 0 spiro atoms. The summed E-state index contributed by atoms with van der Waals surface area (Å²) in [6.45, 7) is 7.57. The molecule has 2 aliphatic carbocycles. The van der Waals surface area contributed by atoms with E-state index in [1.54, 1.807) is 13.8 Å². The summed E-state index contributed by atoms with van der Waals surface area (Å²) in [6, 6.07) is 2.10. The third-order valence-electron chi connectivity index (χ3n) is 7.52.